The number of anilines is 2. The third kappa shape index (κ3) is 3.17. The van der Waals surface area contributed by atoms with Crippen LogP contribution in [0.15, 0.2) is 48.7 Å². The van der Waals surface area contributed by atoms with Crippen LogP contribution in [0.25, 0.3) is 10.8 Å². The Labute approximate surface area is 192 Å². The van der Waals surface area contributed by atoms with Crippen molar-refractivity contribution in [1.29, 1.82) is 0 Å². The number of aryl methyl sites for hydroxylation is 1. The fourth-order valence-electron chi connectivity index (χ4n) is 5.94. The summed E-state index contributed by atoms with van der Waals surface area (Å²) in [6, 6.07) is 13.1. The largest absolute Gasteiger partial charge is 0.351 e. The maximum atomic E-state index is 13.4. The Bertz CT molecular complexity index is 1260. The number of nitrogens with one attached hydrogen (secondary N) is 1. The molecule has 0 spiro atoms. The molecular weight excluding hydrogens is 414 g/mol. The molecule has 1 saturated heterocycles. The molecule has 2 aliphatic heterocycles. The van der Waals surface area contributed by atoms with Gasteiger partial charge in [-0.05, 0) is 62.1 Å². The first-order valence-corrected chi connectivity index (χ1v) is 11.7. The van der Waals surface area contributed by atoms with Crippen molar-refractivity contribution in [1.82, 2.24) is 15.3 Å². The number of carbonyl (C=O) groups excluding carboxylic acids is 2. The molecule has 2 bridgehead atoms. The van der Waals surface area contributed by atoms with Crippen molar-refractivity contribution in [2.75, 3.05) is 22.9 Å². The normalized spacial score (nSPS) is 24.4. The van der Waals surface area contributed by atoms with Gasteiger partial charge in [-0.1, -0.05) is 24.3 Å². The smallest absolute Gasteiger partial charge is 0.259 e. The van der Waals surface area contributed by atoms with Gasteiger partial charge in [0.2, 0.25) is 11.9 Å². The van der Waals surface area contributed by atoms with Crippen LogP contribution in [0.3, 0.4) is 0 Å². The number of aromatic nitrogens is 2. The van der Waals surface area contributed by atoms with Crippen LogP contribution in [0.2, 0.25) is 0 Å². The van der Waals surface area contributed by atoms with E-state index in [9.17, 15) is 9.59 Å². The van der Waals surface area contributed by atoms with Gasteiger partial charge in [-0.25, -0.2) is 9.97 Å². The molecule has 2 fully saturated rings. The van der Waals surface area contributed by atoms with E-state index in [0.29, 0.717) is 17.4 Å². The minimum absolute atomic E-state index is 0.0877. The summed E-state index contributed by atoms with van der Waals surface area (Å²) in [4.78, 5) is 39.6. The van der Waals surface area contributed by atoms with Gasteiger partial charge in [-0.3, -0.25) is 14.5 Å². The predicted molar refractivity (Wildman–Crippen MR) is 127 cm³/mol. The monoisotopic (exact) mass is 441 g/mol. The van der Waals surface area contributed by atoms with Gasteiger partial charge in [-0.2, -0.15) is 0 Å². The fourth-order valence-corrected chi connectivity index (χ4v) is 5.94. The average molecular weight is 442 g/mol. The molecule has 2 unspecified atom stereocenters. The van der Waals surface area contributed by atoms with Gasteiger partial charge in [0, 0.05) is 42.0 Å². The van der Waals surface area contributed by atoms with Crippen LogP contribution in [0.1, 0.15) is 35.8 Å². The second-order valence-corrected chi connectivity index (χ2v) is 9.57. The summed E-state index contributed by atoms with van der Waals surface area (Å²) in [5, 5.41) is 5.29. The van der Waals surface area contributed by atoms with E-state index in [1.54, 1.807) is 11.1 Å². The molecule has 0 radical (unpaired) electrons. The highest BCUT2D eigenvalue weighted by atomic mass is 16.2. The van der Waals surface area contributed by atoms with Crippen LogP contribution in [0.4, 0.5) is 11.6 Å². The highest BCUT2D eigenvalue weighted by Crippen LogP contribution is 2.40. The summed E-state index contributed by atoms with van der Waals surface area (Å²) < 4.78 is 0. The van der Waals surface area contributed by atoms with Crippen LogP contribution >= 0.6 is 0 Å². The van der Waals surface area contributed by atoms with E-state index in [1.807, 2.05) is 56.3 Å². The SMILES string of the molecule is Cc1ccnc(N2C[C@H]3CC[C@@H](C2)C3NC(=O)C(C)N2C(=O)c3cccc4cccc2c34)n1. The number of carbonyl (C=O) groups is 2. The Morgan fingerprint density at radius 1 is 1.09 bits per heavy atom. The summed E-state index contributed by atoms with van der Waals surface area (Å²) in [7, 11) is 0. The van der Waals surface area contributed by atoms with Crippen molar-refractivity contribution in [2.45, 2.75) is 38.8 Å². The molecule has 7 nitrogen and oxygen atoms in total. The van der Waals surface area contributed by atoms with Gasteiger partial charge in [0.05, 0.1) is 5.69 Å². The van der Waals surface area contributed by atoms with E-state index >= 15 is 0 Å². The van der Waals surface area contributed by atoms with Crippen molar-refractivity contribution >= 4 is 34.2 Å². The second-order valence-electron chi connectivity index (χ2n) is 9.57. The van der Waals surface area contributed by atoms with Gasteiger partial charge < -0.3 is 10.2 Å². The number of fused-ring (bicyclic) bond motifs is 2. The Morgan fingerprint density at radius 2 is 1.82 bits per heavy atom. The highest BCUT2D eigenvalue weighted by molar-refractivity contribution is 6.26. The standard InChI is InChI=1S/C26H27N5O2/c1-15-11-12-27-26(28-15)30-13-18-9-10-19(14-30)23(18)29-24(32)16(2)31-21-8-4-6-17-5-3-7-20(22(17)21)25(31)33/h3-8,11-12,16,18-19,23H,9-10,13-14H2,1-2H3,(H,29,32)/t16?,18-,19+,23?. The van der Waals surface area contributed by atoms with Crippen LogP contribution in [0.5, 0.6) is 0 Å². The minimum Gasteiger partial charge on any atom is -0.351 e. The van der Waals surface area contributed by atoms with E-state index in [4.69, 9.17) is 0 Å². The lowest BCUT2D eigenvalue weighted by Crippen LogP contribution is -2.56. The first-order chi connectivity index (χ1) is 16.0. The van der Waals surface area contributed by atoms with Crippen molar-refractivity contribution in [2.24, 2.45) is 11.8 Å². The molecule has 4 atom stereocenters. The van der Waals surface area contributed by atoms with Gasteiger partial charge in [0.1, 0.15) is 6.04 Å². The minimum atomic E-state index is -0.576. The van der Waals surface area contributed by atoms with Crippen molar-refractivity contribution < 1.29 is 9.59 Å². The van der Waals surface area contributed by atoms with Crippen molar-refractivity contribution in [3.8, 4) is 0 Å². The molecule has 2 amide bonds. The van der Waals surface area contributed by atoms with Gasteiger partial charge >= 0.3 is 0 Å². The van der Waals surface area contributed by atoms with E-state index in [2.05, 4.69) is 20.2 Å². The molecular formula is C26H27N5O2. The maximum absolute atomic E-state index is 13.4. The molecule has 1 aromatic heterocycles. The number of rotatable bonds is 4. The maximum Gasteiger partial charge on any atom is 0.259 e. The second kappa shape index (κ2) is 7.54. The molecule has 6 rings (SSSR count). The lowest BCUT2D eigenvalue weighted by Gasteiger charge is -2.39. The van der Waals surface area contributed by atoms with Gasteiger partial charge in [0.15, 0.2) is 0 Å². The molecule has 1 aliphatic carbocycles. The number of benzene rings is 2. The number of hydrogen-bond acceptors (Lipinski definition) is 5. The lowest BCUT2D eigenvalue weighted by atomic mass is 9.92. The third-order valence-corrected chi connectivity index (χ3v) is 7.57. The van der Waals surface area contributed by atoms with Crippen molar-refractivity contribution in [3.63, 3.8) is 0 Å². The van der Waals surface area contributed by atoms with Gasteiger partial charge in [0.25, 0.3) is 5.91 Å². The van der Waals surface area contributed by atoms with Crippen LogP contribution in [-0.2, 0) is 4.79 Å². The van der Waals surface area contributed by atoms with E-state index in [1.165, 1.54) is 0 Å². The summed E-state index contributed by atoms with van der Waals surface area (Å²) in [5.41, 5.74) is 2.46. The number of hydrogen-bond donors (Lipinski definition) is 1. The van der Waals surface area contributed by atoms with E-state index < -0.39 is 6.04 Å². The Balaban J connectivity index is 1.20. The zero-order valence-corrected chi connectivity index (χ0v) is 18.9. The summed E-state index contributed by atoms with van der Waals surface area (Å²) in [6.07, 6.45) is 3.97. The predicted octanol–water partition coefficient (Wildman–Crippen LogP) is 3.32. The molecule has 168 valence electrons. The highest BCUT2D eigenvalue weighted by Gasteiger charge is 2.45. The molecule has 1 N–H and O–H groups in total. The lowest BCUT2D eigenvalue weighted by molar-refractivity contribution is -0.123. The molecule has 3 aliphatic rings. The summed E-state index contributed by atoms with van der Waals surface area (Å²) in [5.74, 6) is 1.31. The van der Waals surface area contributed by atoms with Crippen LogP contribution < -0.4 is 15.1 Å². The molecule has 3 aromatic rings. The zero-order chi connectivity index (χ0) is 22.7. The fraction of sp³-hybridized carbons (Fsp3) is 0.385. The quantitative estimate of drug-likeness (QED) is 0.672. The molecule has 3 heterocycles. The zero-order valence-electron chi connectivity index (χ0n) is 18.9. The Hall–Kier alpha value is -3.48. The molecule has 33 heavy (non-hydrogen) atoms. The molecule has 1 saturated carbocycles. The summed E-state index contributed by atoms with van der Waals surface area (Å²) >= 11 is 0. The van der Waals surface area contributed by atoms with Crippen LogP contribution in [-0.4, -0.2) is 47.0 Å². The molecule has 2 aromatic carbocycles. The average Bonchev–Trinajstić information content (AvgIpc) is 3.22. The first-order valence-electron chi connectivity index (χ1n) is 11.7. The molecule has 7 heteroatoms. The van der Waals surface area contributed by atoms with Crippen LogP contribution in [0, 0.1) is 18.8 Å². The number of piperidine rings is 1. The Kier molecular flexibility index (Phi) is 4.60. The summed E-state index contributed by atoms with van der Waals surface area (Å²) in [6.45, 7) is 5.49. The third-order valence-electron chi connectivity index (χ3n) is 7.57. The van der Waals surface area contributed by atoms with E-state index in [-0.39, 0.29) is 17.9 Å². The number of amides is 2. The van der Waals surface area contributed by atoms with Crippen molar-refractivity contribution in [3.05, 3.63) is 59.9 Å². The first kappa shape index (κ1) is 20.1. The number of nitrogens with zero attached hydrogens (tertiary/aromatic N) is 4. The van der Waals surface area contributed by atoms with Gasteiger partial charge in [-0.15, -0.1) is 0 Å². The van der Waals surface area contributed by atoms with E-state index in [0.717, 1.165) is 54.0 Å². The topological polar surface area (TPSA) is 78.4 Å². The Morgan fingerprint density at radius 3 is 2.55 bits per heavy atom.